The standard InChI is InChI=1S/C18H12N2O3S/c21-15-7-8-19-18(20-15)24-10-12-9-16(22)23-14-6-5-11-3-1-2-4-13(11)17(12)14/h1-9H,10H2,(H,19,20,21). The SMILES string of the molecule is O=c1ccnc(SCc2cc(=O)oc3ccc4ccccc4c23)[nH]1. The fourth-order valence-corrected chi connectivity index (χ4v) is 3.53. The van der Waals surface area contributed by atoms with Gasteiger partial charge in [-0.15, -0.1) is 0 Å². The molecule has 0 amide bonds. The van der Waals surface area contributed by atoms with E-state index in [2.05, 4.69) is 9.97 Å². The zero-order valence-corrected chi connectivity index (χ0v) is 13.3. The molecule has 1 N–H and O–H groups in total. The van der Waals surface area contributed by atoms with Gasteiger partial charge in [-0.1, -0.05) is 42.1 Å². The lowest BCUT2D eigenvalue weighted by Crippen LogP contribution is -2.05. The number of aromatic amines is 1. The summed E-state index contributed by atoms with van der Waals surface area (Å²) in [5.41, 5.74) is 0.833. The summed E-state index contributed by atoms with van der Waals surface area (Å²) in [6, 6.07) is 14.6. The molecule has 24 heavy (non-hydrogen) atoms. The average molecular weight is 336 g/mol. The molecule has 0 radical (unpaired) electrons. The smallest absolute Gasteiger partial charge is 0.336 e. The summed E-state index contributed by atoms with van der Waals surface area (Å²) >= 11 is 1.37. The fraction of sp³-hybridized carbons (Fsp3) is 0.0556. The summed E-state index contributed by atoms with van der Waals surface area (Å²) in [5.74, 6) is 0.503. The summed E-state index contributed by atoms with van der Waals surface area (Å²) in [6.45, 7) is 0. The van der Waals surface area contributed by atoms with Crippen LogP contribution < -0.4 is 11.2 Å². The van der Waals surface area contributed by atoms with E-state index in [1.54, 1.807) is 0 Å². The molecule has 0 aliphatic carbocycles. The van der Waals surface area contributed by atoms with Gasteiger partial charge in [0.15, 0.2) is 5.16 Å². The van der Waals surface area contributed by atoms with Gasteiger partial charge in [-0.25, -0.2) is 9.78 Å². The predicted octanol–water partition coefficient (Wildman–Crippen LogP) is 3.32. The highest BCUT2D eigenvalue weighted by Crippen LogP contribution is 2.30. The summed E-state index contributed by atoms with van der Waals surface area (Å²) in [4.78, 5) is 30.0. The predicted molar refractivity (Wildman–Crippen MR) is 94.4 cm³/mol. The van der Waals surface area contributed by atoms with Crippen LogP contribution in [0.15, 0.2) is 73.9 Å². The van der Waals surface area contributed by atoms with Crippen molar-refractivity contribution in [1.29, 1.82) is 0 Å². The molecule has 118 valence electrons. The minimum Gasteiger partial charge on any atom is -0.423 e. The molecule has 0 aliphatic rings. The minimum absolute atomic E-state index is 0.199. The van der Waals surface area contributed by atoms with Crippen LogP contribution >= 0.6 is 11.8 Å². The van der Waals surface area contributed by atoms with E-state index < -0.39 is 0 Å². The maximum Gasteiger partial charge on any atom is 0.336 e. The number of benzene rings is 2. The molecule has 0 aliphatic heterocycles. The van der Waals surface area contributed by atoms with Gasteiger partial charge in [-0.3, -0.25) is 4.79 Å². The summed E-state index contributed by atoms with van der Waals surface area (Å²) in [5, 5.41) is 3.54. The maximum atomic E-state index is 11.9. The molecule has 2 aromatic carbocycles. The van der Waals surface area contributed by atoms with Gasteiger partial charge in [-0.2, -0.15) is 0 Å². The van der Waals surface area contributed by atoms with Crippen molar-refractivity contribution in [3.05, 3.63) is 81.1 Å². The van der Waals surface area contributed by atoms with Gasteiger partial charge in [0.25, 0.3) is 5.56 Å². The van der Waals surface area contributed by atoms with E-state index in [-0.39, 0.29) is 11.2 Å². The average Bonchev–Trinajstić information content (AvgIpc) is 2.59. The summed E-state index contributed by atoms with van der Waals surface area (Å²) < 4.78 is 5.34. The van der Waals surface area contributed by atoms with E-state index in [4.69, 9.17) is 4.42 Å². The lowest BCUT2D eigenvalue weighted by Gasteiger charge is -2.08. The molecule has 0 bridgehead atoms. The van der Waals surface area contributed by atoms with Crippen molar-refractivity contribution in [3.8, 4) is 0 Å². The van der Waals surface area contributed by atoms with Crippen molar-refractivity contribution in [3.63, 3.8) is 0 Å². The number of aromatic nitrogens is 2. The van der Waals surface area contributed by atoms with Gasteiger partial charge in [0.1, 0.15) is 5.58 Å². The van der Waals surface area contributed by atoms with Crippen LogP contribution in [0.4, 0.5) is 0 Å². The van der Waals surface area contributed by atoms with E-state index in [9.17, 15) is 9.59 Å². The first-order valence-electron chi connectivity index (χ1n) is 7.33. The molecule has 0 unspecified atom stereocenters. The zero-order valence-electron chi connectivity index (χ0n) is 12.5. The molecule has 4 aromatic rings. The number of thioether (sulfide) groups is 1. The molecule has 0 saturated heterocycles. The second-order valence-electron chi connectivity index (χ2n) is 5.28. The Hall–Kier alpha value is -2.86. The molecule has 0 fully saturated rings. The van der Waals surface area contributed by atoms with Crippen LogP contribution in [0.5, 0.6) is 0 Å². The van der Waals surface area contributed by atoms with Gasteiger partial charge in [0.2, 0.25) is 0 Å². The number of hydrogen-bond acceptors (Lipinski definition) is 5. The van der Waals surface area contributed by atoms with E-state index in [1.807, 2.05) is 36.4 Å². The van der Waals surface area contributed by atoms with Crippen LogP contribution in [0.2, 0.25) is 0 Å². The van der Waals surface area contributed by atoms with Crippen LogP contribution in [0.1, 0.15) is 5.56 Å². The highest BCUT2D eigenvalue weighted by molar-refractivity contribution is 7.98. The zero-order chi connectivity index (χ0) is 16.5. The Morgan fingerprint density at radius 1 is 1.08 bits per heavy atom. The Morgan fingerprint density at radius 2 is 1.96 bits per heavy atom. The first-order chi connectivity index (χ1) is 11.7. The normalized spacial score (nSPS) is 11.2. The molecular formula is C18H12N2O3S. The number of nitrogens with zero attached hydrogens (tertiary/aromatic N) is 1. The Balaban J connectivity index is 1.85. The monoisotopic (exact) mass is 336 g/mol. The highest BCUT2D eigenvalue weighted by Gasteiger charge is 2.10. The molecule has 2 heterocycles. The largest absolute Gasteiger partial charge is 0.423 e. The number of fused-ring (bicyclic) bond motifs is 3. The van der Waals surface area contributed by atoms with Crippen LogP contribution in [-0.2, 0) is 5.75 Å². The van der Waals surface area contributed by atoms with Crippen molar-refractivity contribution in [2.45, 2.75) is 10.9 Å². The van der Waals surface area contributed by atoms with Crippen LogP contribution in [0, 0.1) is 0 Å². The number of nitrogens with one attached hydrogen (secondary N) is 1. The molecule has 0 saturated carbocycles. The molecular weight excluding hydrogens is 324 g/mol. The lowest BCUT2D eigenvalue weighted by molar-refractivity contribution is 0.560. The highest BCUT2D eigenvalue weighted by atomic mass is 32.2. The number of H-pyrrole nitrogens is 1. The molecule has 2 aromatic heterocycles. The first-order valence-corrected chi connectivity index (χ1v) is 8.32. The number of rotatable bonds is 3. The lowest BCUT2D eigenvalue weighted by atomic mass is 10.0. The summed E-state index contributed by atoms with van der Waals surface area (Å²) in [7, 11) is 0. The van der Waals surface area contributed by atoms with Gasteiger partial charge < -0.3 is 9.40 Å². The quantitative estimate of drug-likeness (QED) is 0.269. The second kappa shape index (κ2) is 5.98. The third-order valence-electron chi connectivity index (χ3n) is 3.73. The van der Waals surface area contributed by atoms with Crippen LogP contribution in [0.3, 0.4) is 0 Å². The maximum absolute atomic E-state index is 11.9. The van der Waals surface area contributed by atoms with Gasteiger partial charge in [0, 0.05) is 29.5 Å². The van der Waals surface area contributed by atoms with Crippen molar-refractivity contribution in [2.24, 2.45) is 0 Å². The van der Waals surface area contributed by atoms with Gasteiger partial charge >= 0.3 is 5.63 Å². The Morgan fingerprint density at radius 3 is 2.83 bits per heavy atom. The van der Waals surface area contributed by atoms with Crippen molar-refractivity contribution >= 4 is 33.5 Å². The van der Waals surface area contributed by atoms with Gasteiger partial charge in [-0.05, 0) is 22.4 Å². The van der Waals surface area contributed by atoms with Crippen molar-refractivity contribution in [2.75, 3.05) is 0 Å². The molecule has 0 atom stereocenters. The molecule has 4 rings (SSSR count). The van der Waals surface area contributed by atoms with Crippen molar-refractivity contribution in [1.82, 2.24) is 9.97 Å². The van der Waals surface area contributed by atoms with E-state index in [1.165, 1.54) is 30.1 Å². The Kier molecular flexibility index (Phi) is 3.66. The first kappa shape index (κ1) is 14.7. The molecule has 5 nitrogen and oxygen atoms in total. The van der Waals surface area contributed by atoms with Crippen LogP contribution in [0.25, 0.3) is 21.7 Å². The third kappa shape index (κ3) is 2.72. The number of hydrogen-bond donors (Lipinski definition) is 1. The molecule has 0 spiro atoms. The Labute approximate surface area is 140 Å². The van der Waals surface area contributed by atoms with E-state index in [0.29, 0.717) is 16.5 Å². The van der Waals surface area contributed by atoms with Crippen molar-refractivity contribution < 1.29 is 4.42 Å². The topological polar surface area (TPSA) is 76.0 Å². The van der Waals surface area contributed by atoms with Gasteiger partial charge in [0.05, 0.1) is 0 Å². The Bertz CT molecular complexity index is 1160. The van der Waals surface area contributed by atoms with E-state index in [0.717, 1.165) is 21.7 Å². The second-order valence-corrected chi connectivity index (χ2v) is 6.24. The fourth-order valence-electron chi connectivity index (χ4n) is 2.71. The third-order valence-corrected chi connectivity index (χ3v) is 4.66. The molecule has 6 heteroatoms. The summed E-state index contributed by atoms with van der Waals surface area (Å²) in [6.07, 6.45) is 1.47. The minimum atomic E-state index is -0.386. The van der Waals surface area contributed by atoms with E-state index >= 15 is 0 Å². The van der Waals surface area contributed by atoms with Crippen LogP contribution in [-0.4, -0.2) is 9.97 Å².